The van der Waals surface area contributed by atoms with Crippen molar-refractivity contribution in [3.63, 3.8) is 0 Å². The molecular weight excluding hydrogens is 262 g/mol. The molecule has 0 aliphatic rings. The number of carbonyl (C=O) groups is 2. The Balaban J connectivity index is 2.31. The van der Waals surface area contributed by atoms with Gasteiger partial charge in [-0.2, -0.15) is 5.90 Å². The molecule has 0 aromatic heterocycles. The molecule has 0 unspecified atom stereocenters. The van der Waals surface area contributed by atoms with E-state index < -0.39 is 5.97 Å². The monoisotopic (exact) mass is 273 g/mol. The van der Waals surface area contributed by atoms with Crippen LogP contribution in [0.1, 0.15) is 26.3 Å². The van der Waals surface area contributed by atoms with E-state index in [0.29, 0.717) is 5.56 Å². The highest BCUT2D eigenvalue weighted by Crippen LogP contribution is 2.26. The third-order valence-corrected chi connectivity index (χ3v) is 2.74. The number of benzene rings is 2. The Labute approximate surface area is 114 Å². The molecule has 0 bridgehead atoms. The zero-order chi connectivity index (χ0) is 14.7. The summed E-state index contributed by atoms with van der Waals surface area (Å²) in [5.41, 5.74) is 0.651. The van der Waals surface area contributed by atoms with Crippen LogP contribution in [0, 0.1) is 0 Å². The second kappa shape index (κ2) is 5.41. The van der Waals surface area contributed by atoms with Crippen LogP contribution < -0.4 is 10.7 Å². The van der Waals surface area contributed by atoms with Crippen molar-refractivity contribution >= 4 is 11.8 Å². The molecule has 0 heterocycles. The van der Waals surface area contributed by atoms with Crippen molar-refractivity contribution in [2.75, 3.05) is 0 Å². The van der Waals surface area contributed by atoms with E-state index >= 15 is 0 Å². The lowest BCUT2D eigenvalue weighted by Gasteiger charge is -2.05. The summed E-state index contributed by atoms with van der Waals surface area (Å²) in [5.74, 6) is 3.33. The summed E-state index contributed by atoms with van der Waals surface area (Å²) >= 11 is 0. The number of aromatic carboxylic acids is 1. The molecule has 0 spiro atoms. The maximum atomic E-state index is 12.1. The first kappa shape index (κ1) is 13.6. The SMILES string of the molecule is NOc1ccc(C(=O)c2ccc(C(=O)O)cc2)cc1O. The number of carboxylic acid groups (broad SMARTS) is 1. The van der Waals surface area contributed by atoms with Gasteiger partial charge in [0.2, 0.25) is 0 Å². The molecule has 0 aliphatic heterocycles. The van der Waals surface area contributed by atoms with Crippen molar-refractivity contribution in [3.05, 3.63) is 59.2 Å². The summed E-state index contributed by atoms with van der Waals surface area (Å²) < 4.78 is 0. The Morgan fingerprint density at radius 3 is 2.00 bits per heavy atom. The molecule has 0 aliphatic carbocycles. The number of rotatable bonds is 4. The van der Waals surface area contributed by atoms with Gasteiger partial charge in [-0.3, -0.25) is 4.79 Å². The van der Waals surface area contributed by atoms with Crippen LogP contribution in [0.4, 0.5) is 0 Å². The lowest BCUT2D eigenvalue weighted by atomic mass is 10.0. The molecule has 0 saturated heterocycles. The van der Waals surface area contributed by atoms with Crippen LogP contribution in [0.2, 0.25) is 0 Å². The Bertz CT molecular complexity index is 664. The number of ketones is 1. The van der Waals surface area contributed by atoms with Gasteiger partial charge in [0.1, 0.15) is 0 Å². The molecule has 0 amide bonds. The molecule has 2 aromatic rings. The molecule has 0 radical (unpaired) electrons. The van der Waals surface area contributed by atoms with Gasteiger partial charge < -0.3 is 15.1 Å². The maximum absolute atomic E-state index is 12.1. The van der Waals surface area contributed by atoms with Crippen molar-refractivity contribution < 1.29 is 24.6 Å². The van der Waals surface area contributed by atoms with Gasteiger partial charge in [-0.15, -0.1) is 0 Å². The fourth-order valence-corrected chi connectivity index (χ4v) is 1.69. The summed E-state index contributed by atoms with van der Waals surface area (Å²) in [6, 6.07) is 9.56. The van der Waals surface area contributed by atoms with E-state index in [-0.39, 0.29) is 28.4 Å². The standard InChI is InChI=1S/C14H11NO5/c15-20-12-6-5-10(7-11(12)16)13(17)8-1-3-9(4-2-8)14(18)19/h1-7,16H,15H2,(H,18,19). The molecule has 0 fully saturated rings. The molecule has 6 nitrogen and oxygen atoms in total. The summed E-state index contributed by atoms with van der Waals surface area (Å²) in [4.78, 5) is 27.3. The first-order valence-corrected chi connectivity index (χ1v) is 5.60. The average Bonchev–Trinajstić information content (AvgIpc) is 2.46. The molecule has 20 heavy (non-hydrogen) atoms. The molecule has 0 atom stereocenters. The second-order valence-electron chi connectivity index (χ2n) is 4.01. The van der Waals surface area contributed by atoms with Gasteiger partial charge >= 0.3 is 5.97 Å². The Kier molecular flexibility index (Phi) is 3.67. The van der Waals surface area contributed by atoms with Gasteiger partial charge in [-0.25, -0.2) is 4.79 Å². The first-order valence-electron chi connectivity index (χ1n) is 5.60. The van der Waals surface area contributed by atoms with Gasteiger partial charge in [-0.05, 0) is 30.3 Å². The quantitative estimate of drug-likeness (QED) is 0.576. The minimum absolute atomic E-state index is 0.0581. The molecule has 102 valence electrons. The predicted molar refractivity (Wildman–Crippen MR) is 69.8 cm³/mol. The fourth-order valence-electron chi connectivity index (χ4n) is 1.69. The smallest absolute Gasteiger partial charge is 0.335 e. The Morgan fingerprint density at radius 1 is 0.950 bits per heavy atom. The van der Waals surface area contributed by atoms with Crippen LogP contribution in [0.3, 0.4) is 0 Å². The van der Waals surface area contributed by atoms with Crippen LogP contribution in [-0.4, -0.2) is 22.0 Å². The van der Waals surface area contributed by atoms with Crippen molar-refractivity contribution in [2.45, 2.75) is 0 Å². The highest BCUT2D eigenvalue weighted by Gasteiger charge is 2.13. The van der Waals surface area contributed by atoms with Gasteiger partial charge in [0, 0.05) is 11.1 Å². The molecule has 2 aromatic carbocycles. The van der Waals surface area contributed by atoms with Crippen LogP contribution in [0.5, 0.6) is 11.5 Å². The van der Waals surface area contributed by atoms with Crippen LogP contribution in [0.15, 0.2) is 42.5 Å². The molecule has 4 N–H and O–H groups in total. The molecule has 2 rings (SSSR count). The summed E-state index contributed by atoms with van der Waals surface area (Å²) in [6.07, 6.45) is 0. The molecule has 0 saturated carbocycles. The summed E-state index contributed by atoms with van der Waals surface area (Å²) in [5, 5.41) is 18.4. The maximum Gasteiger partial charge on any atom is 0.335 e. The minimum Gasteiger partial charge on any atom is -0.504 e. The number of carboxylic acids is 1. The van der Waals surface area contributed by atoms with E-state index in [1.54, 1.807) is 0 Å². The third kappa shape index (κ3) is 2.60. The molecule has 6 heteroatoms. The van der Waals surface area contributed by atoms with Crippen LogP contribution in [0.25, 0.3) is 0 Å². The van der Waals surface area contributed by atoms with Crippen molar-refractivity contribution in [2.24, 2.45) is 5.90 Å². The fraction of sp³-hybridized carbons (Fsp3) is 0. The number of carbonyl (C=O) groups excluding carboxylic acids is 1. The van der Waals surface area contributed by atoms with Crippen LogP contribution >= 0.6 is 0 Å². The second-order valence-corrected chi connectivity index (χ2v) is 4.01. The first-order chi connectivity index (χ1) is 9.52. The minimum atomic E-state index is -1.06. The van der Waals surface area contributed by atoms with E-state index in [1.165, 1.54) is 42.5 Å². The van der Waals surface area contributed by atoms with E-state index in [0.717, 1.165) is 0 Å². The number of hydrogen-bond acceptors (Lipinski definition) is 5. The van der Waals surface area contributed by atoms with Gasteiger partial charge in [0.25, 0.3) is 0 Å². The van der Waals surface area contributed by atoms with E-state index in [9.17, 15) is 14.7 Å². The highest BCUT2D eigenvalue weighted by atomic mass is 16.6. The average molecular weight is 273 g/mol. The van der Waals surface area contributed by atoms with Crippen molar-refractivity contribution in [1.82, 2.24) is 0 Å². The van der Waals surface area contributed by atoms with E-state index in [4.69, 9.17) is 11.0 Å². The number of aromatic hydroxyl groups is 1. The van der Waals surface area contributed by atoms with Gasteiger partial charge in [0.05, 0.1) is 5.56 Å². The van der Waals surface area contributed by atoms with Crippen molar-refractivity contribution in [3.8, 4) is 11.5 Å². The zero-order valence-electron chi connectivity index (χ0n) is 10.2. The Morgan fingerprint density at radius 2 is 1.50 bits per heavy atom. The summed E-state index contributed by atoms with van der Waals surface area (Å²) in [6.45, 7) is 0. The van der Waals surface area contributed by atoms with Crippen LogP contribution in [-0.2, 0) is 0 Å². The van der Waals surface area contributed by atoms with E-state index in [1.807, 2.05) is 0 Å². The molecular formula is C14H11NO5. The number of hydrogen-bond donors (Lipinski definition) is 3. The third-order valence-electron chi connectivity index (χ3n) is 2.74. The Hall–Kier alpha value is -2.86. The normalized spacial score (nSPS) is 10.1. The van der Waals surface area contributed by atoms with E-state index in [2.05, 4.69) is 4.84 Å². The number of phenolic OH excluding ortho intramolecular Hbond substituents is 1. The number of phenols is 1. The van der Waals surface area contributed by atoms with Gasteiger partial charge in [-0.1, -0.05) is 12.1 Å². The largest absolute Gasteiger partial charge is 0.504 e. The topological polar surface area (TPSA) is 110 Å². The zero-order valence-corrected chi connectivity index (χ0v) is 10.2. The van der Waals surface area contributed by atoms with Gasteiger partial charge in [0.15, 0.2) is 17.3 Å². The number of nitrogens with two attached hydrogens (primary N) is 1. The lowest BCUT2D eigenvalue weighted by Crippen LogP contribution is -2.05. The lowest BCUT2D eigenvalue weighted by molar-refractivity contribution is 0.0696. The highest BCUT2D eigenvalue weighted by molar-refractivity contribution is 6.09. The van der Waals surface area contributed by atoms with Crippen molar-refractivity contribution in [1.29, 1.82) is 0 Å². The summed E-state index contributed by atoms with van der Waals surface area (Å²) in [7, 11) is 0. The predicted octanol–water partition coefficient (Wildman–Crippen LogP) is 1.57.